The van der Waals surface area contributed by atoms with Gasteiger partial charge >= 0.3 is 0 Å². The van der Waals surface area contributed by atoms with Crippen LogP contribution in [0.15, 0.2) is 71.6 Å². The summed E-state index contributed by atoms with van der Waals surface area (Å²) in [6.45, 7) is 2.82. The van der Waals surface area contributed by atoms with Crippen molar-refractivity contribution in [2.24, 2.45) is 5.92 Å². The highest BCUT2D eigenvalue weighted by Crippen LogP contribution is 2.35. The van der Waals surface area contributed by atoms with Crippen molar-refractivity contribution in [3.05, 3.63) is 72.3 Å². The summed E-state index contributed by atoms with van der Waals surface area (Å²) < 4.78 is 27.9. The quantitative estimate of drug-likeness (QED) is 0.620. The highest BCUT2D eigenvalue weighted by molar-refractivity contribution is 7.89. The first kappa shape index (κ1) is 20.2. The molecule has 2 heterocycles. The minimum Gasteiger partial charge on any atom is -0.309 e. The first-order chi connectivity index (χ1) is 14.9. The van der Waals surface area contributed by atoms with Gasteiger partial charge < -0.3 is 4.90 Å². The standard InChI is InChI=1S/C25H26N2O3S/c1-18-16-22-8-4-5-9-24(22)27(18)25(28)20-12-14-26(15-13-20)31(29,30)23-11-10-19-6-2-3-7-21(19)17-23/h2-11,17-18,20H,12-16H2,1H3. The van der Waals surface area contributed by atoms with Crippen LogP contribution < -0.4 is 4.90 Å². The van der Waals surface area contributed by atoms with E-state index in [1.54, 1.807) is 12.1 Å². The van der Waals surface area contributed by atoms with Crippen molar-refractivity contribution in [1.82, 2.24) is 4.31 Å². The number of sulfonamides is 1. The molecule has 160 valence electrons. The first-order valence-electron chi connectivity index (χ1n) is 10.8. The average molecular weight is 435 g/mol. The van der Waals surface area contributed by atoms with Crippen molar-refractivity contribution in [2.45, 2.75) is 37.1 Å². The van der Waals surface area contributed by atoms with E-state index in [2.05, 4.69) is 13.0 Å². The number of anilines is 1. The van der Waals surface area contributed by atoms with Crippen LogP contribution in [0.4, 0.5) is 5.69 Å². The van der Waals surface area contributed by atoms with Crippen molar-refractivity contribution >= 4 is 32.4 Å². The van der Waals surface area contributed by atoms with E-state index in [9.17, 15) is 13.2 Å². The van der Waals surface area contributed by atoms with Crippen molar-refractivity contribution in [1.29, 1.82) is 0 Å². The van der Waals surface area contributed by atoms with E-state index in [1.165, 1.54) is 9.87 Å². The molecular formula is C25H26N2O3S. The van der Waals surface area contributed by atoms with Crippen LogP contribution in [0.5, 0.6) is 0 Å². The van der Waals surface area contributed by atoms with Gasteiger partial charge in [0.05, 0.1) is 4.90 Å². The van der Waals surface area contributed by atoms with Crippen LogP contribution in [0.2, 0.25) is 0 Å². The summed E-state index contributed by atoms with van der Waals surface area (Å²) in [5.41, 5.74) is 2.21. The van der Waals surface area contributed by atoms with E-state index in [0.29, 0.717) is 30.8 Å². The zero-order valence-corrected chi connectivity index (χ0v) is 18.4. The lowest BCUT2D eigenvalue weighted by Crippen LogP contribution is -2.46. The molecule has 3 aromatic carbocycles. The molecule has 5 rings (SSSR count). The van der Waals surface area contributed by atoms with E-state index in [-0.39, 0.29) is 17.9 Å². The van der Waals surface area contributed by atoms with Gasteiger partial charge in [-0.15, -0.1) is 0 Å². The van der Waals surface area contributed by atoms with E-state index in [1.807, 2.05) is 53.4 Å². The number of nitrogens with zero attached hydrogens (tertiary/aromatic N) is 2. The number of piperidine rings is 1. The van der Waals surface area contributed by atoms with Gasteiger partial charge in [-0.3, -0.25) is 4.79 Å². The molecule has 1 amide bonds. The van der Waals surface area contributed by atoms with Crippen LogP contribution in [-0.2, 0) is 21.2 Å². The normalized spacial score (nSPS) is 20.2. The Morgan fingerprint density at radius 3 is 2.35 bits per heavy atom. The van der Waals surface area contributed by atoms with Crippen molar-refractivity contribution in [3.63, 3.8) is 0 Å². The van der Waals surface area contributed by atoms with Gasteiger partial charge in [0.2, 0.25) is 15.9 Å². The molecule has 0 radical (unpaired) electrons. The Morgan fingerprint density at radius 1 is 0.903 bits per heavy atom. The number of hydrogen-bond donors (Lipinski definition) is 0. The fourth-order valence-electron chi connectivity index (χ4n) is 4.92. The monoisotopic (exact) mass is 434 g/mol. The van der Waals surface area contributed by atoms with Gasteiger partial charge in [-0.1, -0.05) is 48.5 Å². The summed E-state index contributed by atoms with van der Waals surface area (Å²) in [5.74, 6) is -0.0168. The molecule has 6 heteroatoms. The maximum absolute atomic E-state index is 13.3. The molecule has 2 aliphatic heterocycles. The zero-order chi connectivity index (χ0) is 21.6. The predicted molar refractivity (Wildman–Crippen MR) is 123 cm³/mol. The Balaban J connectivity index is 1.31. The Kier molecular flexibility index (Phi) is 5.07. The number of carbonyl (C=O) groups excluding carboxylic acids is 1. The Morgan fingerprint density at radius 2 is 1.58 bits per heavy atom. The average Bonchev–Trinajstić information content (AvgIpc) is 3.14. The molecule has 2 aliphatic rings. The second kappa shape index (κ2) is 7.77. The third kappa shape index (κ3) is 3.54. The van der Waals surface area contributed by atoms with Crippen LogP contribution in [0.1, 0.15) is 25.3 Å². The minimum absolute atomic E-state index is 0.125. The van der Waals surface area contributed by atoms with Crippen molar-refractivity contribution in [3.8, 4) is 0 Å². The summed E-state index contributed by atoms with van der Waals surface area (Å²) in [6.07, 6.45) is 1.98. The van der Waals surface area contributed by atoms with E-state index < -0.39 is 10.0 Å². The van der Waals surface area contributed by atoms with Gasteiger partial charge in [-0.2, -0.15) is 4.31 Å². The molecule has 0 N–H and O–H groups in total. The van der Waals surface area contributed by atoms with Gasteiger partial charge in [0.25, 0.3) is 0 Å². The number of rotatable bonds is 3. The van der Waals surface area contributed by atoms with Crippen LogP contribution in [0.3, 0.4) is 0 Å². The van der Waals surface area contributed by atoms with Crippen LogP contribution in [0, 0.1) is 5.92 Å². The van der Waals surface area contributed by atoms with E-state index in [4.69, 9.17) is 0 Å². The minimum atomic E-state index is -3.57. The van der Waals surface area contributed by atoms with Gasteiger partial charge in [0, 0.05) is 30.7 Å². The number of carbonyl (C=O) groups is 1. The Hall–Kier alpha value is -2.70. The highest BCUT2D eigenvalue weighted by atomic mass is 32.2. The zero-order valence-electron chi connectivity index (χ0n) is 17.6. The second-order valence-corrected chi connectivity index (χ2v) is 10.5. The molecule has 1 atom stereocenters. The van der Waals surface area contributed by atoms with Gasteiger partial charge in [0.15, 0.2) is 0 Å². The molecule has 0 aliphatic carbocycles. The molecule has 31 heavy (non-hydrogen) atoms. The lowest BCUT2D eigenvalue weighted by atomic mass is 9.96. The Labute approximate surface area is 183 Å². The molecule has 1 unspecified atom stereocenters. The largest absolute Gasteiger partial charge is 0.309 e. The summed E-state index contributed by atoms with van der Waals surface area (Å²) in [5, 5.41) is 1.93. The fraction of sp³-hybridized carbons (Fsp3) is 0.320. The predicted octanol–water partition coefficient (Wildman–Crippen LogP) is 4.22. The fourth-order valence-corrected chi connectivity index (χ4v) is 6.42. The number of fused-ring (bicyclic) bond motifs is 2. The summed E-state index contributed by atoms with van der Waals surface area (Å²) >= 11 is 0. The number of benzene rings is 3. The van der Waals surface area contributed by atoms with Crippen LogP contribution in [0.25, 0.3) is 10.8 Å². The number of amides is 1. The molecule has 0 spiro atoms. The third-order valence-corrected chi connectivity index (χ3v) is 8.50. The maximum Gasteiger partial charge on any atom is 0.243 e. The maximum atomic E-state index is 13.3. The summed E-state index contributed by atoms with van der Waals surface area (Å²) in [4.78, 5) is 15.5. The van der Waals surface area contributed by atoms with E-state index >= 15 is 0 Å². The molecule has 3 aromatic rings. The Bertz CT molecular complexity index is 1250. The van der Waals surface area contributed by atoms with Gasteiger partial charge in [0.1, 0.15) is 0 Å². The lowest BCUT2D eigenvalue weighted by Gasteiger charge is -2.34. The summed E-state index contributed by atoms with van der Waals surface area (Å²) in [6, 6.07) is 21.2. The van der Waals surface area contributed by atoms with Gasteiger partial charge in [-0.05, 0) is 60.7 Å². The second-order valence-electron chi connectivity index (χ2n) is 8.58. The topological polar surface area (TPSA) is 57.7 Å². The molecular weight excluding hydrogens is 408 g/mol. The molecule has 0 bridgehead atoms. The first-order valence-corrected chi connectivity index (χ1v) is 12.3. The lowest BCUT2D eigenvalue weighted by molar-refractivity contribution is -0.123. The molecule has 1 fully saturated rings. The molecule has 0 saturated carbocycles. The summed E-state index contributed by atoms with van der Waals surface area (Å²) in [7, 11) is -3.57. The smallest absolute Gasteiger partial charge is 0.243 e. The molecule has 1 saturated heterocycles. The van der Waals surface area contributed by atoms with Crippen molar-refractivity contribution < 1.29 is 13.2 Å². The van der Waals surface area contributed by atoms with Crippen molar-refractivity contribution in [2.75, 3.05) is 18.0 Å². The van der Waals surface area contributed by atoms with E-state index in [0.717, 1.165) is 22.9 Å². The number of para-hydroxylation sites is 1. The van der Waals surface area contributed by atoms with Crippen LogP contribution >= 0.6 is 0 Å². The molecule has 5 nitrogen and oxygen atoms in total. The van der Waals surface area contributed by atoms with Crippen LogP contribution in [-0.4, -0.2) is 37.8 Å². The number of hydrogen-bond acceptors (Lipinski definition) is 3. The third-order valence-electron chi connectivity index (χ3n) is 6.61. The van der Waals surface area contributed by atoms with Gasteiger partial charge in [-0.25, -0.2) is 8.42 Å². The molecule has 0 aromatic heterocycles. The SMILES string of the molecule is CC1Cc2ccccc2N1C(=O)C1CCN(S(=O)(=O)c2ccc3ccccc3c2)CC1. The highest BCUT2D eigenvalue weighted by Gasteiger charge is 2.38.